The average molecular weight is 416 g/mol. The number of hydrogen-bond acceptors (Lipinski definition) is 5. The van der Waals surface area contributed by atoms with Crippen molar-refractivity contribution in [3.05, 3.63) is 53.1 Å². The topological polar surface area (TPSA) is 72.2 Å². The summed E-state index contributed by atoms with van der Waals surface area (Å²) in [6.07, 6.45) is -4.65. The molecule has 2 heterocycles. The fourth-order valence-electron chi connectivity index (χ4n) is 2.28. The summed E-state index contributed by atoms with van der Waals surface area (Å²) in [5.74, 6) is -0.920. The second-order valence-electron chi connectivity index (χ2n) is 6.11. The third-order valence-electron chi connectivity index (χ3n) is 3.76. The van der Waals surface area contributed by atoms with Gasteiger partial charge in [-0.15, -0.1) is 11.3 Å². The standard InChI is InChI=1S/C17H15F3N2O3S2/c1-10(2)11-3-5-13(6-4-11)22-27(23,24)16-7-12(9-26-16)14-8-15(25-21-14)17(18,19)20/h3-10,22H,1-2H3. The molecule has 0 saturated carbocycles. The van der Waals surface area contributed by atoms with Crippen molar-refractivity contribution in [2.45, 2.75) is 30.2 Å². The van der Waals surface area contributed by atoms with Crippen molar-refractivity contribution >= 4 is 27.0 Å². The van der Waals surface area contributed by atoms with Gasteiger partial charge in [0.25, 0.3) is 10.0 Å². The predicted molar refractivity (Wildman–Crippen MR) is 96.2 cm³/mol. The highest BCUT2D eigenvalue weighted by molar-refractivity contribution is 7.94. The third-order valence-corrected chi connectivity index (χ3v) is 6.58. The van der Waals surface area contributed by atoms with Crippen LogP contribution in [0.2, 0.25) is 0 Å². The van der Waals surface area contributed by atoms with Gasteiger partial charge in [-0.05, 0) is 29.7 Å². The van der Waals surface area contributed by atoms with E-state index in [2.05, 4.69) is 14.4 Å². The molecule has 0 aliphatic heterocycles. The summed E-state index contributed by atoms with van der Waals surface area (Å²) in [7, 11) is -3.87. The van der Waals surface area contributed by atoms with Crippen molar-refractivity contribution in [1.82, 2.24) is 5.16 Å². The molecule has 2 aromatic heterocycles. The van der Waals surface area contributed by atoms with E-state index in [4.69, 9.17) is 0 Å². The first-order valence-electron chi connectivity index (χ1n) is 7.82. The smallest absolute Gasteiger partial charge is 0.351 e. The molecule has 0 fully saturated rings. The number of nitrogens with one attached hydrogen (secondary N) is 1. The monoisotopic (exact) mass is 416 g/mol. The summed E-state index contributed by atoms with van der Waals surface area (Å²) in [6.45, 7) is 4.06. The molecule has 3 rings (SSSR count). The van der Waals surface area contributed by atoms with Gasteiger partial charge in [0.05, 0.1) is 0 Å². The molecule has 5 nitrogen and oxygen atoms in total. The van der Waals surface area contributed by atoms with E-state index in [0.717, 1.165) is 23.0 Å². The van der Waals surface area contributed by atoms with Gasteiger partial charge in [-0.2, -0.15) is 13.2 Å². The van der Waals surface area contributed by atoms with Gasteiger partial charge in [0.1, 0.15) is 9.90 Å². The number of benzene rings is 1. The van der Waals surface area contributed by atoms with Crippen molar-refractivity contribution in [3.63, 3.8) is 0 Å². The quantitative estimate of drug-likeness (QED) is 0.609. The minimum absolute atomic E-state index is 0.0398. The molecular formula is C17H15F3N2O3S2. The van der Waals surface area contributed by atoms with E-state index in [9.17, 15) is 21.6 Å². The van der Waals surface area contributed by atoms with Gasteiger partial charge in [0, 0.05) is 22.7 Å². The first kappa shape index (κ1) is 19.4. The number of nitrogens with zero attached hydrogens (tertiary/aromatic N) is 1. The van der Waals surface area contributed by atoms with Crippen molar-refractivity contribution in [2.24, 2.45) is 0 Å². The molecule has 0 aliphatic rings. The Bertz CT molecular complexity index is 1040. The van der Waals surface area contributed by atoms with Crippen LogP contribution in [-0.2, 0) is 16.2 Å². The van der Waals surface area contributed by atoms with Gasteiger partial charge in [-0.3, -0.25) is 4.72 Å². The Balaban J connectivity index is 1.81. The molecule has 0 spiro atoms. The lowest BCUT2D eigenvalue weighted by Crippen LogP contribution is -2.11. The number of thiophene rings is 1. The van der Waals surface area contributed by atoms with Gasteiger partial charge in [-0.1, -0.05) is 31.1 Å². The van der Waals surface area contributed by atoms with Crippen LogP contribution < -0.4 is 4.72 Å². The summed E-state index contributed by atoms with van der Waals surface area (Å²) in [6, 6.07) is 8.97. The fourth-order valence-corrected chi connectivity index (χ4v) is 4.51. The molecular weight excluding hydrogens is 401 g/mol. The Morgan fingerprint density at radius 3 is 2.37 bits per heavy atom. The van der Waals surface area contributed by atoms with Gasteiger partial charge in [0.15, 0.2) is 0 Å². The summed E-state index contributed by atoms with van der Waals surface area (Å²) in [4.78, 5) is 0. The Hall–Kier alpha value is -2.33. The van der Waals surface area contributed by atoms with E-state index >= 15 is 0 Å². The SMILES string of the molecule is CC(C)c1ccc(NS(=O)(=O)c2cc(-c3cc(C(F)(F)F)on3)cs2)cc1. The van der Waals surface area contributed by atoms with Crippen LogP contribution in [0.15, 0.2) is 50.5 Å². The number of aromatic nitrogens is 1. The second-order valence-corrected chi connectivity index (χ2v) is 8.93. The van der Waals surface area contributed by atoms with E-state index in [1.165, 1.54) is 11.4 Å². The van der Waals surface area contributed by atoms with E-state index < -0.39 is 22.0 Å². The molecule has 0 unspecified atom stereocenters. The van der Waals surface area contributed by atoms with Crippen molar-refractivity contribution < 1.29 is 26.1 Å². The maximum Gasteiger partial charge on any atom is 0.452 e. The molecule has 3 aromatic rings. The van der Waals surface area contributed by atoms with Crippen molar-refractivity contribution in [2.75, 3.05) is 4.72 Å². The molecule has 0 bridgehead atoms. The first-order valence-corrected chi connectivity index (χ1v) is 10.2. The summed E-state index contributed by atoms with van der Waals surface area (Å²) in [5, 5.41) is 4.77. The fraction of sp³-hybridized carbons (Fsp3) is 0.235. The van der Waals surface area contributed by atoms with Gasteiger partial charge in [0.2, 0.25) is 5.76 Å². The molecule has 0 saturated heterocycles. The molecule has 0 aliphatic carbocycles. The highest BCUT2D eigenvalue weighted by Gasteiger charge is 2.36. The lowest BCUT2D eigenvalue weighted by molar-refractivity contribution is -0.155. The van der Waals surface area contributed by atoms with Gasteiger partial charge in [-0.25, -0.2) is 8.42 Å². The predicted octanol–water partition coefficient (Wildman–Crippen LogP) is 5.35. The van der Waals surface area contributed by atoms with Crippen LogP contribution in [0.3, 0.4) is 0 Å². The Kier molecular flexibility index (Phi) is 5.04. The second kappa shape index (κ2) is 7.01. The highest BCUT2D eigenvalue weighted by Crippen LogP contribution is 2.34. The van der Waals surface area contributed by atoms with Crippen LogP contribution >= 0.6 is 11.3 Å². The largest absolute Gasteiger partial charge is 0.452 e. The molecule has 0 amide bonds. The normalized spacial score (nSPS) is 12.5. The average Bonchev–Trinajstić information content (AvgIpc) is 3.24. The van der Waals surface area contributed by atoms with Crippen LogP contribution in [-0.4, -0.2) is 13.6 Å². The highest BCUT2D eigenvalue weighted by atomic mass is 32.2. The number of rotatable bonds is 5. The zero-order valence-electron chi connectivity index (χ0n) is 14.2. The van der Waals surface area contributed by atoms with Gasteiger partial charge >= 0.3 is 6.18 Å². The Labute approximate surface area is 157 Å². The minimum atomic E-state index is -4.65. The first-order chi connectivity index (χ1) is 12.6. The van der Waals surface area contributed by atoms with Crippen molar-refractivity contribution in [1.29, 1.82) is 0 Å². The Morgan fingerprint density at radius 1 is 1.15 bits per heavy atom. The zero-order chi connectivity index (χ0) is 19.8. The number of anilines is 1. The van der Waals surface area contributed by atoms with Crippen LogP contribution in [0.4, 0.5) is 18.9 Å². The molecule has 27 heavy (non-hydrogen) atoms. The molecule has 144 valence electrons. The maximum absolute atomic E-state index is 12.6. The lowest BCUT2D eigenvalue weighted by Gasteiger charge is -2.09. The third kappa shape index (κ3) is 4.33. The number of hydrogen-bond donors (Lipinski definition) is 1. The number of alkyl halides is 3. The van der Waals surface area contributed by atoms with Crippen LogP contribution in [0, 0.1) is 0 Å². The minimum Gasteiger partial charge on any atom is -0.351 e. The van der Waals surface area contributed by atoms with E-state index in [1.54, 1.807) is 12.1 Å². The van der Waals surface area contributed by atoms with Crippen LogP contribution in [0.5, 0.6) is 0 Å². The summed E-state index contributed by atoms with van der Waals surface area (Å²) in [5.41, 5.74) is 1.62. The molecule has 10 heteroatoms. The molecule has 1 aromatic carbocycles. The van der Waals surface area contributed by atoms with Crippen LogP contribution in [0.1, 0.15) is 31.1 Å². The van der Waals surface area contributed by atoms with Crippen molar-refractivity contribution in [3.8, 4) is 11.3 Å². The molecule has 0 atom stereocenters. The maximum atomic E-state index is 12.6. The number of halogens is 3. The van der Waals surface area contributed by atoms with E-state index in [1.807, 2.05) is 26.0 Å². The molecule has 0 radical (unpaired) electrons. The summed E-state index contributed by atoms with van der Waals surface area (Å²) < 4.78 is 69.5. The number of sulfonamides is 1. The lowest BCUT2D eigenvalue weighted by atomic mass is 10.0. The molecule has 1 N–H and O–H groups in total. The van der Waals surface area contributed by atoms with Crippen LogP contribution in [0.25, 0.3) is 11.3 Å². The Morgan fingerprint density at radius 2 is 1.81 bits per heavy atom. The van der Waals surface area contributed by atoms with Gasteiger partial charge < -0.3 is 4.52 Å². The summed E-state index contributed by atoms with van der Waals surface area (Å²) >= 11 is 0.882. The van der Waals surface area contributed by atoms with E-state index in [-0.39, 0.29) is 15.5 Å². The zero-order valence-corrected chi connectivity index (χ0v) is 15.9. The van der Waals surface area contributed by atoms with E-state index in [0.29, 0.717) is 11.6 Å².